The van der Waals surface area contributed by atoms with Gasteiger partial charge in [-0.05, 0) is 72.1 Å². The Labute approximate surface area is 181 Å². The Bertz CT molecular complexity index is 1100. The molecule has 1 fully saturated rings. The summed E-state index contributed by atoms with van der Waals surface area (Å²) in [6, 6.07) is 10.4. The lowest BCUT2D eigenvalue weighted by molar-refractivity contribution is -0.119. The molecule has 2 amide bonds. The molecule has 0 saturated carbocycles. The topological polar surface area (TPSA) is 78.1 Å². The Kier molecular flexibility index (Phi) is 5.61. The quantitative estimate of drug-likeness (QED) is 0.558. The van der Waals surface area contributed by atoms with Crippen molar-refractivity contribution < 1.29 is 9.59 Å². The summed E-state index contributed by atoms with van der Waals surface area (Å²) in [6.45, 7) is 2.57. The zero-order chi connectivity index (χ0) is 20.5. The summed E-state index contributed by atoms with van der Waals surface area (Å²) in [6.07, 6.45) is 2.48. The van der Waals surface area contributed by atoms with Crippen molar-refractivity contribution >= 4 is 56.1 Å². The van der Waals surface area contributed by atoms with Gasteiger partial charge < -0.3 is 15.2 Å². The van der Waals surface area contributed by atoms with Crippen LogP contribution in [0.3, 0.4) is 0 Å². The Morgan fingerprint density at radius 2 is 2.10 bits per heavy atom. The molecule has 29 heavy (non-hydrogen) atoms. The summed E-state index contributed by atoms with van der Waals surface area (Å²) >= 11 is 9.53. The van der Waals surface area contributed by atoms with Crippen molar-refractivity contribution in [2.24, 2.45) is 0 Å². The zero-order valence-electron chi connectivity index (χ0n) is 15.8. The van der Waals surface area contributed by atoms with Crippen LogP contribution in [0.4, 0.5) is 5.69 Å². The van der Waals surface area contributed by atoms with Crippen LogP contribution < -0.4 is 10.2 Å². The molecule has 8 heteroatoms. The molecule has 3 aromatic rings. The molecule has 6 nitrogen and oxygen atoms in total. The van der Waals surface area contributed by atoms with Crippen molar-refractivity contribution in [3.63, 3.8) is 0 Å². The first kappa shape index (κ1) is 19.9. The van der Waals surface area contributed by atoms with Gasteiger partial charge in [0.1, 0.15) is 5.82 Å². The predicted octanol–water partition coefficient (Wildman–Crippen LogP) is 4.99. The Morgan fingerprint density at radius 1 is 1.28 bits per heavy atom. The average Bonchev–Trinajstić information content (AvgIpc) is 3.12. The highest BCUT2D eigenvalue weighted by molar-refractivity contribution is 9.10. The van der Waals surface area contributed by atoms with Crippen LogP contribution in [-0.4, -0.2) is 28.3 Å². The van der Waals surface area contributed by atoms with Gasteiger partial charge in [0.05, 0.1) is 22.8 Å². The van der Waals surface area contributed by atoms with E-state index in [9.17, 15) is 9.59 Å². The molecule has 0 bridgehead atoms. The number of anilines is 1. The molecule has 0 unspecified atom stereocenters. The number of piperidine rings is 1. The largest absolute Gasteiger partial charge is 0.342 e. The number of amides is 2. The second-order valence-corrected chi connectivity index (χ2v) is 8.44. The van der Waals surface area contributed by atoms with Gasteiger partial charge in [-0.25, -0.2) is 4.98 Å². The van der Waals surface area contributed by atoms with E-state index in [-0.39, 0.29) is 17.9 Å². The van der Waals surface area contributed by atoms with E-state index in [2.05, 4.69) is 31.2 Å². The van der Waals surface area contributed by atoms with Crippen LogP contribution in [0.1, 0.15) is 48.4 Å². The summed E-state index contributed by atoms with van der Waals surface area (Å²) in [7, 11) is 0. The minimum atomic E-state index is -0.309. The van der Waals surface area contributed by atoms with Gasteiger partial charge in [-0.1, -0.05) is 11.6 Å². The van der Waals surface area contributed by atoms with Gasteiger partial charge in [-0.2, -0.15) is 0 Å². The van der Waals surface area contributed by atoms with Crippen molar-refractivity contribution in [3.05, 3.63) is 57.3 Å². The molecule has 2 N–H and O–H groups in total. The smallest absolute Gasteiger partial charge is 0.251 e. The maximum absolute atomic E-state index is 12.7. The van der Waals surface area contributed by atoms with E-state index in [1.165, 1.54) is 0 Å². The summed E-state index contributed by atoms with van der Waals surface area (Å²) in [5.74, 6) is 0.561. The van der Waals surface area contributed by atoms with Gasteiger partial charge in [0, 0.05) is 28.0 Å². The Balaban J connectivity index is 1.50. The molecule has 1 atom stereocenters. The molecule has 0 radical (unpaired) electrons. The molecule has 1 saturated heterocycles. The van der Waals surface area contributed by atoms with Crippen molar-refractivity contribution in [1.29, 1.82) is 0 Å². The third-order valence-electron chi connectivity index (χ3n) is 5.04. The number of H-pyrrole nitrogens is 1. The highest BCUT2D eigenvalue weighted by atomic mass is 79.9. The number of nitrogens with one attached hydrogen (secondary N) is 2. The summed E-state index contributed by atoms with van der Waals surface area (Å²) in [5.41, 5.74) is 2.93. The Hall–Kier alpha value is -2.38. The van der Waals surface area contributed by atoms with Crippen LogP contribution in [-0.2, 0) is 4.79 Å². The Morgan fingerprint density at radius 3 is 2.86 bits per heavy atom. The van der Waals surface area contributed by atoms with Gasteiger partial charge in [0.25, 0.3) is 5.91 Å². The normalized spacial score (nSPS) is 15.6. The van der Waals surface area contributed by atoms with Gasteiger partial charge in [0.15, 0.2) is 0 Å². The van der Waals surface area contributed by atoms with Crippen LogP contribution in [0.2, 0.25) is 5.02 Å². The molecule has 1 aliphatic rings. The molecule has 2 heterocycles. The number of halogens is 2. The first-order valence-corrected chi connectivity index (χ1v) is 10.7. The molecule has 1 aromatic heterocycles. The second-order valence-electron chi connectivity index (χ2n) is 7.15. The first-order valence-electron chi connectivity index (χ1n) is 9.48. The van der Waals surface area contributed by atoms with Crippen molar-refractivity contribution in [2.75, 3.05) is 11.4 Å². The molecule has 1 aliphatic heterocycles. The number of carbonyl (C=O) groups is 2. The molecule has 2 aromatic carbocycles. The molecule has 4 rings (SSSR count). The third kappa shape index (κ3) is 4.16. The minimum Gasteiger partial charge on any atom is -0.342 e. The lowest BCUT2D eigenvalue weighted by Crippen LogP contribution is -2.35. The zero-order valence-corrected chi connectivity index (χ0v) is 18.2. The van der Waals surface area contributed by atoms with Crippen molar-refractivity contribution in [3.8, 4) is 0 Å². The van der Waals surface area contributed by atoms with E-state index >= 15 is 0 Å². The van der Waals surface area contributed by atoms with E-state index in [0.29, 0.717) is 29.4 Å². The highest BCUT2D eigenvalue weighted by Crippen LogP contribution is 2.30. The van der Waals surface area contributed by atoms with E-state index < -0.39 is 0 Å². The maximum atomic E-state index is 12.7. The van der Waals surface area contributed by atoms with E-state index in [4.69, 9.17) is 11.6 Å². The van der Waals surface area contributed by atoms with Crippen LogP contribution in [0.5, 0.6) is 0 Å². The van der Waals surface area contributed by atoms with E-state index in [1.54, 1.807) is 29.2 Å². The predicted molar refractivity (Wildman–Crippen MR) is 117 cm³/mol. The van der Waals surface area contributed by atoms with Crippen LogP contribution in [0.15, 0.2) is 40.9 Å². The molecule has 0 aliphatic carbocycles. The van der Waals surface area contributed by atoms with E-state index in [0.717, 1.165) is 34.0 Å². The standard InChI is InChI=1S/C21H20BrClN4O2/c1-12(20-25-16-7-6-14(23)11-17(16)26-20)24-21(29)13-5-8-18(15(22)10-13)27-9-3-2-4-19(27)28/h5-8,10-12H,2-4,9H2,1H3,(H,24,29)(H,25,26)/t12-/m0/s1. The number of carbonyl (C=O) groups excluding carboxylic acids is 2. The van der Waals surface area contributed by atoms with Gasteiger partial charge >= 0.3 is 0 Å². The fraction of sp³-hybridized carbons (Fsp3) is 0.286. The van der Waals surface area contributed by atoms with Crippen LogP contribution in [0, 0.1) is 0 Å². The number of hydrogen-bond acceptors (Lipinski definition) is 3. The van der Waals surface area contributed by atoms with Crippen LogP contribution >= 0.6 is 27.5 Å². The minimum absolute atomic E-state index is 0.118. The monoisotopic (exact) mass is 474 g/mol. The van der Waals surface area contributed by atoms with Crippen molar-refractivity contribution in [2.45, 2.75) is 32.2 Å². The number of rotatable bonds is 4. The molecule has 150 valence electrons. The van der Waals surface area contributed by atoms with E-state index in [1.807, 2.05) is 19.1 Å². The van der Waals surface area contributed by atoms with Crippen molar-refractivity contribution in [1.82, 2.24) is 15.3 Å². The number of aromatic nitrogens is 2. The number of aromatic amines is 1. The fourth-order valence-corrected chi connectivity index (χ4v) is 4.25. The third-order valence-corrected chi connectivity index (χ3v) is 5.91. The summed E-state index contributed by atoms with van der Waals surface area (Å²) in [4.78, 5) is 34.4. The number of nitrogens with zero attached hydrogens (tertiary/aromatic N) is 2. The SMILES string of the molecule is C[C@H](NC(=O)c1ccc(N2CCCCC2=O)c(Br)c1)c1nc2ccc(Cl)cc2[nH]1. The summed E-state index contributed by atoms with van der Waals surface area (Å²) in [5, 5.41) is 3.58. The highest BCUT2D eigenvalue weighted by Gasteiger charge is 2.22. The van der Waals surface area contributed by atoms with Gasteiger partial charge in [-0.3, -0.25) is 9.59 Å². The summed E-state index contributed by atoms with van der Waals surface area (Å²) < 4.78 is 0.728. The van der Waals surface area contributed by atoms with Gasteiger partial charge in [0.2, 0.25) is 5.91 Å². The molecule has 0 spiro atoms. The number of benzene rings is 2. The lowest BCUT2D eigenvalue weighted by Gasteiger charge is -2.27. The second kappa shape index (κ2) is 8.16. The lowest BCUT2D eigenvalue weighted by atomic mass is 10.1. The molecular formula is C21H20BrClN4O2. The number of imidazole rings is 1. The maximum Gasteiger partial charge on any atom is 0.251 e. The number of hydrogen-bond donors (Lipinski definition) is 2. The fourth-order valence-electron chi connectivity index (χ4n) is 3.48. The van der Waals surface area contributed by atoms with Crippen LogP contribution in [0.25, 0.3) is 11.0 Å². The first-order chi connectivity index (χ1) is 13.9. The van der Waals surface area contributed by atoms with Gasteiger partial charge in [-0.15, -0.1) is 0 Å². The molecular weight excluding hydrogens is 456 g/mol. The average molecular weight is 476 g/mol. The number of fused-ring (bicyclic) bond motifs is 1.